The minimum atomic E-state index is -4.57. The number of amides is 1. The van der Waals surface area contributed by atoms with Crippen LogP contribution in [-0.2, 0) is 19.8 Å². The lowest BCUT2D eigenvalue weighted by atomic mass is 10.0. The van der Waals surface area contributed by atoms with Crippen molar-refractivity contribution in [2.75, 3.05) is 43.9 Å². The Morgan fingerprint density at radius 3 is 2.43 bits per heavy atom. The lowest BCUT2D eigenvalue weighted by molar-refractivity contribution is -0.138. The summed E-state index contributed by atoms with van der Waals surface area (Å²) in [5.41, 5.74) is 1.70. The number of hydrogen-bond donors (Lipinski definition) is 2. The molecule has 6 rings (SSSR count). The maximum atomic E-state index is 14.1. The second-order valence-corrected chi connectivity index (χ2v) is 11.3. The summed E-state index contributed by atoms with van der Waals surface area (Å²) in [5, 5.41) is 10.6. The van der Waals surface area contributed by atoms with Crippen LogP contribution in [0, 0.1) is 6.92 Å². The quantitative estimate of drug-likeness (QED) is 0.208. The maximum absolute atomic E-state index is 14.1. The van der Waals surface area contributed by atoms with Gasteiger partial charge >= 0.3 is 6.18 Å². The summed E-state index contributed by atoms with van der Waals surface area (Å²) in [5.74, 6) is 0.287. The van der Waals surface area contributed by atoms with Crippen molar-refractivity contribution in [3.8, 4) is 11.6 Å². The van der Waals surface area contributed by atoms with E-state index in [1.807, 2.05) is 49.2 Å². The molecule has 0 bridgehead atoms. The summed E-state index contributed by atoms with van der Waals surface area (Å²) in [6.45, 7) is 4.98. The number of halogens is 3. The van der Waals surface area contributed by atoms with Crippen LogP contribution in [-0.4, -0.2) is 68.7 Å². The lowest BCUT2D eigenvalue weighted by Crippen LogP contribution is -2.44. The number of carbonyl (C=O) groups excluding carboxylic acids is 1. The average Bonchev–Trinajstić information content (AvgIpc) is 3.40. The highest BCUT2D eigenvalue weighted by atomic mass is 19.4. The molecule has 1 aliphatic rings. The van der Waals surface area contributed by atoms with Crippen molar-refractivity contribution in [2.45, 2.75) is 19.6 Å². The molecule has 0 atom stereocenters. The van der Waals surface area contributed by atoms with Gasteiger partial charge in [0.15, 0.2) is 5.65 Å². The summed E-state index contributed by atoms with van der Waals surface area (Å²) >= 11 is 0. The molecule has 1 fully saturated rings. The zero-order valence-electron chi connectivity index (χ0n) is 25.6. The van der Waals surface area contributed by atoms with Gasteiger partial charge in [0, 0.05) is 56.7 Å². The number of anilines is 3. The van der Waals surface area contributed by atoms with Crippen molar-refractivity contribution in [3.63, 3.8) is 0 Å². The van der Waals surface area contributed by atoms with Crippen LogP contribution in [0.4, 0.5) is 30.5 Å². The van der Waals surface area contributed by atoms with E-state index >= 15 is 0 Å². The Morgan fingerprint density at radius 2 is 1.70 bits per heavy atom. The fourth-order valence-electron chi connectivity index (χ4n) is 5.24. The predicted octanol–water partition coefficient (Wildman–Crippen LogP) is 6.23. The van der Waals surface area contributed by atoms with Gasteiger partial charge in [0.1, 0.15) is 11.1 Å². The lowest BCUT2D eigenvalue weighted by Gasteiger charge is -2.33. The third-order valence-corrected chi connectivity index (χ3v) is 7.91. The maximum Gasteiger partial charge on any atom is 0.416 e. The van der Waals surface area contributed by atoms with Crippen molar-refractivity contribution < 1.29 is 22.7 Å². The molecule has 3 aromatic carbocycles. The number of rotatable bonds is 8. The highest BCUT2D eigenvalue weighted by molar-refractivity contribution is 6.04. The Hall–Kier alpha value is -5.01. The second-order valence-electron chi connectivity index (χ2n) is 11.3. The number of benzene rings is 3. The van der Waals surface area contributed by atoms with E-state index in [4.69, 9.17) is 4.74 Å². The van der Waals surface area contributed by atoms with Crippen molar-refractivity contribution in [1.29, 1.82) is 0 Å². The number of alkyl halides is 3. The number of hydrogen-bond acceptors (Lipinski definition) is 8. The first-order valence-corrected chi connectivity index (χ1v) is 14.8. The van der Waals surface area contributed by atoms with Gasteiger partial charge in [-0.1, -0.05) is 30.3 Å². The number of para-hydroxylation sites is 1. The van der Waals surface area contributed by atoms with Crippen LogP contribution in [0.5, 0.6) is 11.6 Å². The summed E-state index contributed by atoms with van der Waals surface area (Å²) in [6.07, 6.45) is -2.98. The molecule has 0 saturated carbocycles. The second kappa shape index (κ2) is 12.8. The Labute approximate surface area is 263 Å². The molecule has 0 radical (unpaired) electrons. The Bertz CT molecular complexity index is 1870. The highest BCUT2D eigenvalue weighted by Crippen LogP contribution is 2.35. The molecular weight excluding hydrogens is 597 g/mol. The van der Waals surface area contributed by atoms with Gasteiger partial charge in [-0.2, -0.15) is 28.2 Å². The molecule has 3 heterocycles. The fourth-order valence-corrected chi connectivity index (χ4v) is 5.24. The van der Waals surface area contributed by atoms with Crippen molar-refractivity contribution >= 4 is 34.3 Å². The Morgan fingerprint density at radius 1 is 0.935 bits per heavy atom. The Balaban J connectivity index is 1.23. The summed E-state index contributed by atoms with van der Waals surface area (Å²) in [7, 11) is 3.75. The van der Waals surface area contributed by atoms with E-state index in [0.29, 0.717) is 35.8 Å². The van der Waals surface area contributed by atoms with E-state index in [-0.39, 0.29) is 29.2 Å². The third-order valence-electron chi connectivity index (χ3n) is 7.91. The smallest absolute Gasteiger partial charge is 0.416 e. The zero-order chi connectivity index (χ0) is 32.4. The number of aryl methyl sites for hydroxylation is 2. The number of ether oxygens (including phenoxy) is 1. The van der Waals surface area contributed by atoms with E-state index in [2.05, 4.69) is 30.6 Å². The molecule has 13 heteroatoms. The average molecular weight is 631 g/mol. The van der Waals surface area contributed by atoms with Crippen molar-refractivity contribution in [1.82, 2.24) is 29.5 Å². The van der Waals surface area contributed by atoms with E-state index in [9.17, 15) is 18.0 Å². The van der Waals surface area contributed by atoms with Crippen LogP contribution in [0.25, 0.3) is 11.0 Å². The molecule has 0 spiro atoms. The van der Waals surface area contributed by atoms with Gasteiger partial charge in [-0.05, 0) is 61.5 Å². The monoisotopic (exact) mass is 630 g/mol. The molecule has 238 valence electrons. The number of piperazine rings is 1. The molecule has 10 nitrogen and oxygen atoms in total. The normalized spacial score (nSPS) is 14.4. The van der Waals surface area contributed by atoms with Crippen LogP contribution < -0.4 is 15.4 Å². The van der Waals surface area contributed by atoms with Gasteiger partial charge < -0.3 is 20.3 Å². The molecule has 1 amide bonds. The molecule has 2 aromatic heterocycles. The molecule has 5 aromatic rings. The molecule has 46 heavy (non-hydrogen) atoms. The van der Waals surface area contributed by atoms with Crippen LogP contribution in [0.3, 0.4) is 0 Å². The zero-order valence-corrected chi connectivity index (χ0v) is 25.6. The molecular formula is C33H33F3N8O2. The number of aromatic nitrogens is 4. The SMILES string of the molecule is Cc1ccc(C(=O)Nc2ccc(CN3CCN(C)CC3)c(C(F)(F)F)c2)cc1Oc1nc(Nc2ccccc2)nc2c1cnn2C. The van der Waals surface area contributed by atoms with Gasteiger partial charge in [-0.3, -0.25) is 14.4 Å². The van der Waals surface area contributed by atoms with Gasteiger partial charge in [-0.25, -0.2) is 0 Å². The standard InChI is InChI=1S/C33H33F3N8O2/c1-21-9-10-22(30(45)38-25-12-11-23(27(18-25)33(34,35)36)20-44-15-13-42(2)14-16-44)17-28(21)46-31-26-19-37-43(3)29(26)40-32(41-31)39-24-7-5-4-6-8-24/h4-12,17-19H,13-16,20H2,1-3H3,(H,38,45)(H,39,40,41). The minimum absolute atomic E-state index is 0.0481. The predicted molar refractivity (Wildman–Crippen MR) is 169 cm³/mol. The van der Waals surface area contributed by atoms with Crippen LogP contribution >= 0.6 is 0 Å². The topological polar surface area (TPSA) is 100 Å². The van der Waals surface area contributed by atoms with E-state index < -0.39 is 17.6 Å². The molecule has 1 aliphatic heterocycles. The first kappa shape index (κ1) is 31.0. The molecule has 0 aliphatic carbocycles. The van der Waals surface area contributed by atoms with Crippen LogP contribution in [0.1, 0.15) is 27.0 Å². The minimum Gasteiger partial charge on any atom is -0.438 e. The van der Waals surface area contributed by atoms with E-state index in [0.717, 1.165) is 30.4 Å². The van der Waals surface area contributed by atoms with E-state index in [1.54, 1.807) is 30.1 Å². The highest BCUT2D eigenvalue weighted by Gasteiger charge is 2.34. The number of likely N-dealkylation sites (N-methyl/N-ethyl adjacent to an activating group) is 1. The summed E-state index contributed by atoms with van der Waals surface area (Å²) in [6, 6.07) is 18.2. The molecule has 2 N–H and O–H groups in total. The van der Waals surface area contributed by atoms with E-state index in [1.165, 1.54) is 18.2 Å². The van der Waals surface area contributed by atoms with Gasteiger partial charge in [0.25, 0.3) is 5.91 Å². The molecule has 0 unspecified atom stereocenters. The first-order valence-electron chi connectivity index (χ1n) is 14.8. The van der Waals surface area contributed by atoms with Gasteiger partial charge in [0.2, 0.25) is 11.8 Å². The largest absolute Gasteiger partial charge is 0.438 e. The number of carbonyl (C=O) groups is 1. The molecule has 1 saturated heterocycles. The first-order chi connectivity index (χ1) is 22.0. The van der Waals surface area contributed by atoms with Crippen molar-refractivity contribution in [2.24, 2.45) is 7.05 Å². The Kier molecular flexibility index (Phi) is 8.61. The third kappa shape index (κ3) is 6.95. The fraction of sp³-hybridized carbons (Fsp3) is 0.273. The van der Waals surface area contributed by atoms with Gasteiger partial charge in [-0.15, -0.1) is 0 Å². The van der Waals surface area contributed by atoms with Crippen LogP contribution in [0.15, 0.2) is 72.9 Å². The van der Waals surface area contributed by atoms with Crippen molar-refractivity contribution in [3.05, 3.63) is 95.2 Å². The summed E-state index contributed by atoms with van der Waals surface area (Å²) in [4.78, 5) is 26.6. The number of fused-ring (bicyclic) bond motifs is 1. The van der Waals surface area contributed by atoms with Gasteiger partial charge in [0.05, 0.1) is 11.8 Å². The van der Waals surface area contributed by atoms with Crippen LogP contribution in [0.2, 0.25) is 0 Å². The number of nitrogens with one attached hydrogen (secondary N) is 2. The number of nitrogens with zero attached hydrogens (tertiary/aromatic N) is 6. The summed E-state index contributed by atoms with van der Waals surface area (Å²) < 4.78 is 50.1.